The standard InChI is InChI=1S/C15H21NO2/c17-15(8-9-18-11-15)10-16-14-7-3-5-12-4-1-2-6-13(12)14/h1-2,4,6,14,16-17H,3,5,7-11H2. The van der Waals surface area contributed by atoms with Gasteiger partial charge in [-0.25, -0.2) is 0 Å². The minimum Gasteiger partial charge on any atom is -0.386 e. The van der Waals surface area contributed by atoms with E-state index in [1.165, 1.54) is 24.0 Å². The van der Waals surface area contributed by atoms with Gasteiger partial charge in [0.1, 0.15) is 5.60 Å². The third-order valence-corrected chi connectivity index (χ3v) is 4.13. The molecule has 2 unspecified atom stereocenters. The fourth-order valence-electron chi connectivity index (χ4n) is 3.02. The lowest BCUT2D eigenvalue weighted by atomic mass is 9.87. The average Bonchev–Trinajstić information content (AvgIpc) is 2.84. The van der Waals surface area contributed by atoms with Crippen LogP contribution in [-0.2, 0) is 11.2 Å². The van der Waals surface area contributed by atoms with Gasteiger partial charge in [0.15, 0.2) is 0 Å². The largest absolute Gasteiger partial charge is 0.386 e. The summed E-state index contributed by atoms with van der Waals surface area (Å²) in [5.74, 6) is 0. The number of fused-ring (bicyclic) bond motifs is 1. The predicted molar refractivity (Wildman–Crippen MR) is 70.5 cm³/mol. The normalized spacial score (nSPS) is 31.3. The Morgan fingerprint density at radius 1 is 1.39 bits per heavy atom. The van der Waals surface area contributed by atoms with Crippen LogP contribution in [0.25, 0.3) is 0 Å². The molecule has 0 amide bonds. The first-order valence-corrected chi connectivity index (χ1v) is 6.88. The van der Waals surface area contributed by atoms with E-state index < -0.39 is 5.60 Å². The van der Waals surface area contributed by atoms with E-state index in [4.69, 9.17) is 4.74 Å². The number of rotatable bonds is 3. The van der Waals surface area contributed by atoms with E-state index in [0.29, 0.717) is 25.8 Å². The summed E-state index contributed by atoms with van der Waals surface area (Å²) in [6.07, 6.45) is 4.31. The molecule has 1 heterocycles. The number of benzene rings is 1. The van der Waals surface area contributed by atoms with Crippen LogP contribution in [0.2, 0.25) is 0 Å². The van der Waals surface area contributed by atoms with Crippen LogP contribution in [0.4, 0.5) is 0 Å². The molecule has 98 valence electrons. The summed E-state index contributed by atoms with van der Waals surface area (Å²) >= 11 is 0. The van der Waals surface area contributed by atoms with Crippen LogP contribution >= 0.6 is 0 Å². The molecule has 1 fully saturated rings. The zero-order valence-electron chi connectivity index (χ0n) is 10.7. The lowest BCUT2D eigenvalue weighted by Gasteiger charge is -2.30. The van der Waals surface area contributed by atoms with Gasteiger partial charge in [0, 0.05) is 25.6 Å². The van der Waals surface area contributed by atoms with Gasteiger partial charge in [0.25, 0.3) is 0 Å². The highest BCUT2D eigenvalue weighted by Gasteiger charge is 2.33. The van der Waals surface area contributed by atoms with Crippen molar-refractivity contribution in [2.24, 2.45) is 0 Å². The Hall–Kier alpha value is -0.900. The Morgan fingerprint density at radius 2 is 2.28 bits per heavy atom. The quantitative estimate of drug-likeness (QED) is 0.856. The number of hydrogen-bond acceptors (Lipinski definition) is 3. The van der Waals surface area contributed by atoms with Crippen LogP contribution < -0.4 is 5.32 Å². The molecule has 2 N–H and O–H groups in total. The molecule has 2 aliphatic rings. The van der Waals surface area contributed by atoms with Crippen LogP contribution in [0.1, 0.15) is 36.4 Å². The summed E-state index contributed by atoms with van der Waals surface area (Å²) in [4.78, 5) is 0. The van der Waals surface area contributed by atoms with E-state index in [0.717, 1.165) is 12.8 Å². The Morgan fingerprint density at radius 3 is 3.11 bits per heavy atom. The molecule has 1 aromatic rings. The Kier molecular flexibility index (Phi) is 3.37. The summed E-state index contributed by atoms with van der Waals surface area (Å²) in [5.41, 5.74) is 2.20. The van der Waals surface area contributed by atoms with Crippen LogP contribution in [-0.4, -0.2) is 30.5 Å². The van der Waals surface area contributed by atoms with Gasteiger partial charge in [-0.2, -0.15) is 0 Å². The molecule has 0 radical (unpaired) electrons. The molecule has 0 spiro atoms. The third kappa shape index (κ3) is 2.44. The zero-order chi connectivity index (χ0) is 12.4. The van der Waals surface area contributed by atoms with Crippen molar-refractivity contribution < 1.29 is 9.84 Å². The molecule has 1 saturated heterocycles. The molecule has 18 heavy (non-hydrogen) atoms. The Bertz CT molecular complexity index is 413. The van der Waals surface area contributed by atoms with Crippen LogP contribution in [0, 0.1) is 0 Å². The second-order valence-electron chi connectivity index (χ2n) is 5.55. The maximum absolute atomic E-state index is 10.3. The first kappa shape index (κ1) is 12.2. The van der Waals surface area contributed by atoms with Gasteiger partial charge in [0.05, 0.1) is 6.61 Å². The molecule has 1 aromatic carbocycles. The molecule has 1 aliphatic carbocycles. The highest BCUT2D eigenvalue weighted by molar-refractivity contribution is 5.32. The van der Waals surface area contributed by atoms with Gasteiger partial charge >= 0.3 is 0 Å². The van der Waals surface area contributed by atoms with Crippen molar-refractivity contribution in [1.82, 2.24) is 5.32 Å². The molecule has 0 bridgehead atoms. The van der Waals surface area contributed by atoms with Crippen molar-refractivity contribution in [1.29, 1.82) is 0 Å². The van der Waals surface area contributed by atoms with Crippen molar-refractivity contribution in [2.45, 2.75) is 37.3 Å². The third-order valence-electron chi connectivity index (χ3n) is 4.13. The molecule has 1 aliphatic heterocycles. The average molecular weight is 247 g/mol. The first-order chi connectivity index (χ1) is 8.77. The Labute approximate surface area is 108 Å². The maximum Gasteiger partial charge on any atom is 0.103 e. The predicted octanol–water partition coefficient (Wildman–Crippen LogP) is 1.81. The fraction of sp³-hybridized carbons (Fsp3) is 0.600. The number of aryl methyl sites for hydroxylation is 1. The minimum atomic E-state index is -0.660. The van der Waals surface area contributed by atoms with Gasteiger partial charge < -0.3 is 15.2 Å². The first-order valence-electron chi connectivity index (χ1n) is 6.88. The summed E-state index contributed by atoms with van der Waals surface area (Å²) in [5, 5.41) is 13.8. The number of nitrogens with one attached hydrogen (secondary N) is 1. The highest BCUT2D eigenvalue weighted by atomic mass is 16.5. The van der Waals surface area contributed by atoms with Crippen LogP contribution in [0.15, 0.2) is 24.3 Å². The number of ether oxygens (including phenoxy) is 1. The van der Waals surface area contributed by atoms with E-state index in [1.54, 1.807) is 0 Å². The molecule has 0 saturated carbocycles. The lowest BCUT2D eigenvalue weighted by Crippen LogP contribution is -2.43. The fourth-order valence-corrected chi connectivity index (χ4v) is 3.02. The molecular weight excluding hydrogens is 226 g/mol. The van der Waals surface area contributed by atoms with E-state index >= 15 is 0 Å². The number of hydrogen-bond donors (Lipinski definition) is 2. The second-order valence-corrected chi connectivity index (χ2v) is 5.55. The van der Waals surface area contributed by atoms with Crippen molar-refractivity contribution in [3.63, 3.8) is 0 Å². The monoisotopic (exact) mass is 247 g/mol. The van der Waals surface area contributed by atoms with Gasteiger partial charge in [-0.15, -0.1) is 0 Å². The topological polar surface area (TPSA) is 41.5 Å². The molecule has 2 atom stereocenters. The molecular formula is C15H21NO2. The second kappa shape index (κ2) is 5.00. The van der Waals surface area contributed by atoms with Gasteiger partial charge in [-0.1, -0.05) is 24.3 Å². The zero-order valence-corrected chi connectivity index (χ0v) is 10.7. The lowest BCUT2D eigenvalue weighted by molar-refractivity contribution is 0.0243. The SMILES string of the molecule is OC1(CNC2CCCc3ccccc32)CCOC1. The van der Waals surface area contributed by atoms with Crippen molar-refractivity contribution in [3.8, 4) is 0 Å². The minimum absolute atomic E-state index is 0.388. The smallest absolute Gasteiger partial charge is 0.103 e. The van der Waals surface area contributed by atoms with E-state index in [1.807, 2.05) is 0 Å². The molecule has 0 aromatic heterocycles. The summed E-state index contributed by atoms with van der Waals surface area (Å²) in [6, 6.07) is 9.03. The van der Waals surface area contributed by atoms with Gasteiger partial charge in [0.2, 0.25) is 0 Å². The Balaban J connectivity index is 1.67. The van der Waals surface area contributed by atoms with E-state index in [-0.39, 0.29) is 0 Å². The molecule has 3 heteroatoms. The highest BCUT2D eigenvalue weighted by Crippen LogP contribution is 2.30. The van der Waals surface area contributed by atoms with Crippen molar-refractivity contribution in [2.75, 3.05) is 19.8 Å². The van der Waals surface area contributed by atoms with Crippen LogP contribution in [0.5, 0.6) is 0 Å². The van der Waals surface area contributed by atoms with Gasteiger partial charge in [-0.05, 0) is 30.4 Å². The van der Waals surface area contributed by atoms with Crippen molar-refractivity contribution >= 4 is 0 Å². The summed E-state index contributed by atoms with van der Waals surface area (Å²) in [6.45, 7) is 1.78. The van der Waals surface area contributed by atoms with E-state index in [2.05, 4.69) is 29.6 Å². The summed E-state index contributed by atoms with van der Waals surface area (Å²) in [7, 11) is 0. The van der Waals surface area contributed by atoms with Crippen LogP contribution in [0.3, 0.4) is 0 Å². The summed E-state index contributed by atoms with van der Waals surface area (Å²) < 4.78 is 5.28. The van der Waals surface area contributed by atoms with Crippen molar-refractivity contribution in [3.05, 3.63) is 35.4 Å². The number of aliphatic hydroxyl groups is 1. The maximum atomic E-state index is 10.3. The van der Waals surface area contributed by atoms with E-state index in [9.17, 15) is 5.11 Å². The van der Waals surface area contributed by atoms with Gasteiger partial charge in [-0.3, -0.25) is 0 Å². The molecule has 3 rings (SSSR count). The molecule has 3 nitrogen and oxygen atoms in total.